The van der Waals surface area contributed by atoms with Crippen LogP contribution in [0.25, 0.3) is 0 Å². The Morgan fingerprint density at radius 1 is 0.962 bits per heavy atom. The summed E-state index contributed by atoms with van der Waals surface area (Å²) in [6.45, 7) is 0. The molecule has 3 rings (SSSR count). The molecule has 2 heterocycles. The van der Waals surface area contributed by atoms with E-state index in [0.717, 1.165) is 23.5 Å². The van der Waals surface area contributed by atoms with Gasteiger partial charge in [0.05, 0.1) is 5.56 Å². The lowest BCUT2D eigenvalue weighted by Crippen LogP contribution is -2.07. The van der Waals surface area contributed by atoms with Crippen LogP contribution in [-0.2, 0) is 16.3 Å². The minimum absolute atomic E-state index is 0.0297. The van der Waals surface area contributed by atoms with Gasteiger partial charge in [-0.05, 0) is 41.8 Å². The van der Waals surface area contributed by atoms with Crippen LogP contribution in [-0.4, -0.2) is 13.4 Å². The van der Waals surface area contributed by atoms with Gasteiger partial charge in [-0.3, -0.25) is 0 Å². The number of thiophene rings is 1. The SMILES string of the molecule is O=S(=O)(Oc1ccc(Oc2ccc(C(F)(F)F)cn2)cc1)c1cccs1. The first-order valence-electron chi connectivity index (χ1n) is 7.03. The Balaban J connectivity index is 1.68. The quantitative estimate of drug-likeness (QED) is 0.579. The number of hydrogen-bond donors (Lipinski definition) is 0. The molecule has 0 unspecified atom stereocenters. The molecule has 26 heavy (non-hydrogen) atoms. The van der Waals surface area contributed by atoms with E-state index in [1.54, 1.807) is 11.4 Å². The van der Waals surface area contributed by atoms with Crippen molar-refractivity contribution < 1.29 is 30.5 Å². The van der Waals surface area contributed by atoms with Crippen molar-refractivity contribution >= 4 is 21.5 Å². The standard InChI is InChI=1S/C16H10F3NO4S2/c17-16(18,19)11-3-8-14(20-10-11)23-12-4-6-13(7-5-12)24-26(21,22)15-2-1-9-25-15/h1-10H. The van der Waals surface area contributed by atoms with Crippen LogP contribution < -0.4 is 8.92 Å². The zero-order valence-electron chi connectivity index (χ0n) is 12.8. The molecule has 0 aliphatic heterocycles. The summed E-state index contributed by atoms with van der Waals surface area (Å²) in [6, 6.07) is 10.5. The summed E-state index contributed by atoms with van der Waals surface area (Å²) in [5.41, 5.74) is -0.882. The van der Waals surface area contributed by atoms with E-state index in [4.69, 9.17) is 8.92 Å². The zero-order chi connectivity index (χ0) is 18.8. The molecule has 5 nitrogen and oxygen atoms in total. The van der Waals surface area contributed by atoms with E-state index in [-0.39, 0.29) is 21.6 Å². The lowest BCUT2D eigenvalue weighted by molar-refractivity contribution is -0.137. The van der Waals surface area contributed by atoms with E-state index in [1.165, 1.54) is 30.3 Å². The van der Waals surface area contributed by atoms with Gasteiger partial charge in [-0.25, -0.2) is 4.98 Å². The Morgan fingerprint density at radius 2 is 1.65 bits per heavy atom. The summed E-state index contributed by atoms with van der Waals surface area (Å²) >= 11 is 1.03. The Labute approximate surface area is 150 Å². The third-order valence-corrected chi connectivity index (χ3v) is 5.66. The van der Waals surface area contributed by atoms with Crippen LogP contribution in [0.5, 0.6) is 17.4 Å². The second-order valence-electron chi connectivity index (χ2n) is 4.93. The maximum Gasteiger partial charge on any atom is 0.417 e. The lowest BCUT2D eigenvalue weighted by atomic mass is 10.3. The summed E-state index contributed by atoms with van der Waals surface area (Å²) in [7, 11) is -3.90. The number of pyridine rings is 1. The Hall–Kier alpha value is -2.59. The molecule has 0 aliphatic rings. The normalized spacial score (nSPS) is 12.0. The van der Waals surface area contributed by atoms with Crippen molar-refractivity contribution in [3.05, 3.63) is 65.7 Å². The van der Waals surface area contributed by atoms with E-state index in [9.17, 15) is 21.6 Å². The average Bonchev–Trinajstić information content (AvgIpc) is 3.12. The van der Waals surface area contributed by atoms with Gasteiger partial charge in [0.1, 0.15) is 11.5 Å². The highest BCUT2D eigenvalue weighted by atomic mass is 32.3. The largest absolute Gasteiger partial charge is 0.439 e. The first kappa shape index (κ1) is 18.2. The fourth-order valence-corrected chi connectivity index (χ4v) is 3.75. The summed E-state index contributed by atoms with van der Waals surface area (Å²) in [5.74, 6) is 0.308. The molecule has 0 fully saturated rings. The fraction of sp³-hybridized carbons (Fsp3) is 0.0625. The predicted molar refractivity (Wildman–Crippen MR) is 87.9 cm³/mol. The van der Waals surface area contributed by atoms with Gasteiger partial charge >= 0.3 is 16.3 Å². The van der Waals surface area contributed by atoms with E-state index in [1.807, 2.05) is 0 Å². The number of hydrogen-bond acceptors (Lipinski definition) is 6. The monoisotopic (exact) mass is 401 g/mol. The van der Waals surface area contributed by atoms with Gasteiger partial charge in [0.2, 0.25) is 5.88 Å². The molecule has 0 saturated carbocycles. The molecule has 0 aliphatic carbocycles. The summed E-state index contributed by atoms with van der Waals surface area (Å²) in [6.07, 6.45) is -3.81. The number of halogens is 3. The van der Waals surface area contributed by atoms with Gasteiger partial charge in [-0.1, -0.05) is 6.07 Å². The van der Waals surface area contributed by atoms with Crippen LogP contribution >= 0.6 is 11.3 Å². The van der Waals surface area contributed by atoms with Crippen LogP contribution in [0.4, 0.5) is 13.2 Å². The maximum absolute atomic E-state index is 12.5. The van der Waals surface area contributed by atoms with Crippen molar-refractivity contribution in [2.45, 2.75) is 10.4 Å². The molecule has 10 heteroatoms. The summed E-state index contributed by atoms with van der Waals surface area (Å²) in [4.78, 5) is 3.59. The van der Waals surface area contributed by atoms with Crippen LogP contribution in [0.15, 0.2) is 64.3 Å². The second kappa shape index (κ2) is 6.96. The molecular formula is C16H10F3NO4S2. The van der Waals surface area contributed by atoms with Crippen molar-refractivity contribution in [3.63, 3.8) is 0 Å². The van der Waals surface area contributed by atoms with Gasteiger partial charge in [0.15, 0.2) is 4.21 Å². The first-order valence-corrected chi connectivity index (χ1v) is 9.32. The second-order valence-corrected chi connectivity index (χ2v) is 7.65. The molecule has 0 bridgehead atoms. The highest BCUT2D eigenvalue weighted by molar-refractivity contribution is 7.89. The first-order chi connectivity index (χ1) is 12.2. The zero-order valence-corrected chi connectivity index (χ0v) is 14.4. The van der Waals surface area contributed by atoms with Crippen LogP contribution in [0.2, 0.25) is 0 Å². The Bertz CT molecular complexity index is 968. The molecule has 3 aromatic rings. The van der Waals surface area contributed by atoms with Gasteiger partial charge < -0.3 is 8.92 Å². The number of aromatic nitrogens is 1. The topological polar surface area (TPSA) is 65.5 Å². The third-order valence-electron chi connectivity index (χ3n) is 3.06. The number of alkyl halides is 3. The molecule has 0 atom stereocenters. The lowest BCUT2D eigenvalue weighted by Gasteiger charge is -2.09. The number of rotatable bonds is 5. The van der Waals surface area contributed by atoms with Crippen molar-refractivity contribution in [1.82, 2.24) is 4.98 Å². The van der Waals surface area contributed by atoms with Crippen molar-refractivity contribution in [2.75, 3.05) is 0 Å². The van der Waals surface area contributed by atoms with Crippen molar-refractivity contribution in [3.8, 4) is 17.4 Å². The van der Waals surface area contributed by atoms with Gasteiger partial charge in [0.25, 0.3) is 0 Å². The van der Waals surface area contributed by atoms with Gasteiger partial charge in [-0.2, -0.15) is 21.6 Å². The minimum atomic E-state index is -4.47. The highest BCUT2D eigenvalue weighted by Crippen LogP contribution is 2.30. The molecular weight excluding hydrogens is 391 g/mol. The van der Waals surface area contributed by atoms with Crippen molar-refractivity contribution in [1.29, 1.82) is 0 Å². The Morgan fingerprint density at radius 3 is 2.19 bits per heavy atom. The fourth-order valence-electron chi connectivity index (χ4n) is 1.87. The van der Waals surface area contributed by atoms with E-state index in [0.29, 0.717) is 6.20 Å². The number of nitrogens with zero attached hydrogens (tertiary/aromatic N) is 1. The third kappa shape index (κ3) is 4.33. The van der Waals surface area contributed by atoms with Gasteiger partial charge in [-0.15, -0.1) is 11.3 Å². The molecule has 0 saturated heterocycles. The highest BCUT2D eigenvalue weighted by Gasteiger charge is 2.30. The molecule has 2 aromatic heterocycles. The van der Waals surface area contributed by atoms with Crippen LogP contribution in [0.3, 0.4) is 0 Å². The Kier molecular flexibility index (Phi) is 4.88. The molecule has 0 spiro atoms. The summed E-state index contributed by atoms with van der Waals surface area (Å²) < 4.78 is 71.9. The van der Waals surface area contributed by atoms with Crippen LogP contribution in [0.1, 0.15) is 5.56 Å². The number of ether oxygens (including phenoxy) is 1. The molecule has 136 valence electrons. The number of benzene rings is 1. The van der Waals surface area contributed by atoms with E-state index >= 15 is 0 Å². The maximum atomic E-state index is 12.5. The summed E-state index contributed by atoms with van der Waals surface area (Å²) in [5, 5.41) is 1.62. The molecule has 1 aromatic carbocycles. The average molecular weight is 401 g/mol. The molecule has 0 amide bonds. The predicted octanol–water partition coefficient (Wildman–Crippen LogP) is 4.72. The molecule has 0 radical (unpaired) electrons. The van der Waals surface area contributed by atoms with Crippen LogP contribution in [0, 0.1) is 0 Å². The van der Waals surface area contributed by atoms with Crippen molar-refractivity contribution in [2.24, 2.45) is 0 Å². The smallest absolute Gasteiger partial charge is 0.417 e. The van der Waals surface area contributed by atoms with E-state index < -0.39 is 21.9 Å². The van der Waals surface area contributed by atoms with E-state index in [2.05, 4.69) is 4.98 Å². The minimum Gasteiger partial charge on any atom is -0.439 e. The van der Waals surface area contributed by atoms with Gasteiger partial charge in [0, 0.05) is 12.3 Å². The molecule has 0 N–H and O–H groups in total.